The Morgan fingerprint density at radius 3 is 2.67 bits per heavy atom. The molecule has 10 heteroatoms. The molecule has 1 aliphatic heterocycles. The molecule has 166 valence electrons. The third kappa shape index (κ3) is 6.94. The highest BCUT2D eigenvalue weighted by Crippen LogP contribution is 2.30. The topological polar surface area (TPSA) is 105 Å². The maximum Gasteiger partial charge on any atom is 0.324 e. The average Bonchev–Trinajstić information content (AvgIpc) is 3.43. The van der Waals surface area contributed by atoms with Gasteiger partial charge in [0.25, 0.3) is 0 Å². The maximum atomic E-state index is 13.9. The standard InChI is InChI=1S/C20H28FN3O5S/c1-14(16-9-17(21)11-18(10-16)29-13-15-5-6-15)23-30(27,28)8-4-2-3-7-24-12-19(25)22-20(24)26/h9-11,14-15,23H,2-8,12-13H2,1H3,(H,22,25,26)/t14-/m1/s1. The van der Waals surface area contributed by atoms with E-state index in [-0.39, 0.29) is 18.2 Å². The van der Waals surface area contributed by atoms with Crippen LogP contribution in [0, 0.1) is 11.7 Å². The van der Waals surface area contributed by atoms with E-state index < -0.39 is 27.9 Å². The minimum Gasteiger partial charge on any atom is -0.493 e. The molecule has 2 fully saturated rings. The van der Waals surface area contributed by atoms with Crippen LogP contribution in [0.5, 0.6) is 5.75 Å². The van der Waals surface area contributed by atoms with Crippen molar-refractivity contribution in [2.24, 2.45) is 5.92 Å². The lowest BCUT2D eigenvalue weighted by atomic mass is 10.1. The summed E-state index contributed by atoms with van der Waals surface area (Å²) in [5.41, 5.74) is 0.508. The van der Waals surface area contributed by atoms with Crippen LogP contribution in [-0.2, 0) is 14.8 Å². The van der Waals surface area contributed by atoms with E-state index in [1.165, 1.54) is 17.0 Å². The molecule has 2 N–H and O–H groups in total. The number of imide groups is 1. The van der Waals surface area contributed by atoms with Crippen molar-refractivity contribution in [2.45, 2.75) is 45.1 Å². The Hall–Kier alpha value is -2.20. The van der Waals surface area contributed by atoms with Gasteiger partial charge in [-0.15, -0.1) is 0 Å². The fourth-order valence-electron chi connectivity index (χ4n) is 3.25. The van der Waals surface area contributed by atoms with Gasteiger partial charge in [0.15, 0.2) is 0 Å². The van der Waals surface area contributed by atoms with Crippen molar-refractivity contribution in [1.82, 2.24) is 14.9 Å². The van der Waals surface area contributed by atoms with Crippen LogP contribution in [-0.4, -0.2) is 50.7 Å². The number of hydrogen-bond acceptors (Lipinski definition) is 5. The lowest BCUT2D eigenvalue weighted by Crippen LogP contribution is -2.30. The summed E-state index contributed by atoms with van der Waals surface area (Å²) in [6, 6.07) is 3.29. The fourth-order valence-corrected chi connectivity index (χ4v) is 4.62. The predicted molar refractivity (Wildman–Crippen MR) is 109 cm³/mol. The van der Waals surface area contributed by atoms with Crippen LogP contribution in [0.2, 0.25) is 0 Å². The highest BCUT2D eigenvalue weighted by Gasteiger charge is 2.26. The summed E-state index contributed by atoms with van der Waals surface area (Å²) >= 11 is 0. The van der Waals surface area contributed by atoms with Crippen molar-refractivity contribution in [3.63, 3.8) is 0 Å². The minimum atomic E-state index is -3.55. The number of ether oxygens (including phenoxy) is 1. The molecule has 0 aromatic heterocycles. The number of carbonyl (C=O) groups excluding carboxylic acids is 2. The number of halogens is 1. The third-order valence-electron chi connectivity index (χ3n) is 5.14. The summed E-state index contributed by atoms with van der Waals surface area (Å²) < 4.78 is 46.8. The van der Waals surface area contributed by atoms with Gasteiger partial charge in [0.2, 0.25) is 15.9 Å². The van der Waals surface area contributed by atoms with E-state index in [0.717, 1.165) is 12.8 Å². The predicted octanol–water partition coefficient (Wildman–Crippen LogP) is 2.32. The largest absolute Gasteiger partial charge is 0.493 e. The fraction of sp³-hybridized carbons (Fsp3) is 0.600. The first-order valence-electron chi connectivity index (χ1n) is 10.2. The Bertz CT molecular complexity index is 888. The van der Waals surface area contributed by atoms with Crippen molar-refractivity contribution in [3.05, 3.63) is 29.6 Å². The highest BCUT2D eigenvalue weighted by molar-refractivity contribution is 7.89. The number of amides is 3. The summed E-state index contributed by atoms with van der Waals surface area (Å²) in [5, 5.41) is 2.20. The van der Waals surface area contributed by atoms with Gasteiger partial charge in [0, 0.05) is 18.7 Å². The van der Waals surface area contributed by atoms with E-state index in [9.17, 15) is 22.4 Å². The lowest BCUT2D eigenvalue weighted by molar-refractivity contribution is -0.118. The highest BCUT2D eigenvalue weighted by atomic mass is 32.2. The van der Waals surface area contributed by atoms with Gasteiger partial charge in [-0.2, -0.15) is 0 Å². The van der Waals surface area contributed by atoms with Gasteiger partial charge in [0.1, 0.15) is 18.1 Å². The van der Waals surface area contributed by atoms with Gasteiger partial charge >= 0.3 is 6.03 Å². The number of benzene rings is 1. The van der Waals surface area contributed by atoms with Crippen LogP contribution in [0.3, 0.4) is 0 Å². The first-order valence-corrected chi connectivity index (χ1v) is 11.9. The zero-order valence-corrected chi connectivity index (χ0v) is 17.8. The van der Waals surface area contributed by atoms with E-state index in [4.69, 9.17) is 4.74 Å². The van der Waals surface area contributed by atoms with Crippen LogP contribution >= 0.6 is 0 Å². The summed E-state index contributed by atoms with van der Waals surface area (Å²) in [4.78, 5) is 24.0. The summed E-state index contributed by atoms with van der Waals surface area (Å²) in [5.74, 6) is 0.0939. The number of rotatable bonds is 12. The van der Waals surface area contributed by atoms with Crippen LogP contribution in [0.25, 0.3) is 0 Å². The molecule has 8 nitrogen and oxygen atoms in total. The number of nitrogens with one attached hydrogen (secondary N) is 2. The van der Waals surface area contributed by atoms with Gasteiger partial charge in [0.05, 0.1) is 12.4 Å². The second kappa shape index (κ2) is 9.74. The lowest BCUT2D eigenvalue weighted by Gasteiger charge is -2.16. The molecule has 1 saturated carbocycles. The zero-order valence-electron chi connectivity index (χ0n) is 17.0. The molecule has 1 saturated heterocycles. The molecule has 1 aliphatic carbocycles. The average molecular weight is 442 g/mol. The maximum absolute atomic E-state index is 13.9. The molecule has 30 heavy (non-hydrogen) atoms. The Morgan fingerprint density at radius 1 is 1.23 bits per heavy atom. The van der Waals surface area contributed by atoms with Gasteiger partial charge in [-0.3, -0.25) is 10.1 Å². The van der Waals surface area contributed by atoms with Crippen molar-refractivity contribution in [2.75, 3.05) is 25.4 Å². The van der Waals surface area contributed by atoms with Crippen molar-refractivity contribution in [3.8, 4) is 5.75 Å². The van der Waals surface area contributed by atoms with Crippen molar-refractivity contribution in [1.29, 1.82) is 0 Å². The van der Waals surface area contributed by atoms with Crippen molar-refractivity contribution < 1.29 is 27.1 Å². The number of hydrogen-bond donors (Lipinski definition) is 2. The molecular weight excluding hydrogens is 413 g/mol. The van der Waals surface area contributed by atoms with Crippen LogP contribution in [0.15, 0.2) is 18.2 Å². The van der Waals surface area contributed by atoms with Gasteiger partial charge in [-0.1, -0.05) is 6.42 Å². The van der Waals surface area contributed by atoms with Crippen LogP contribution in [0.1, 0.15) is 50.6 Å². The quantitative estimate of drug-likeness (QED) is 0.383. The zero-order chi connectivity index (χ0) is 21.7. The SMILES string of the molecule is C[C@@H](NS(=O)(=O)CCCCCN1CC(=O)NC1=O)c1cc(F)cc(OCC2CC2)c1. The summed E-state index contributed by atoms with van der Waals surface area (Å²) in [6.07, 6.45) is 3.89. The normalized spacial score (nSPS) is 17.9. The van der Waals surface area contributed by atoms with E-state index in [1.54, 1.807) is 13.0 Å². The van der Waals surface area contributed by atoms with E-state index in [2.05, 4.69) is 10.0 Å². The number of carbonyl (C=O) groups is 2. The molecule has 0 unspecified atom stereocenters. The second-order valence-electron chi connectivity index (χ2n) is 7.97. The first kappa shape index (κ1) is 22.5. The Morgan fingerprint density at radius 2 is 2.00 bits per heavy atom. The molecule has 1 atom stereocenters. The second-order valence-corrected chi connectivity index (χ2v) is 9.84. The molecule has 2 aliphatic rings. The Labute approximate surface area is 176 Å². The molecule has 1 aromatic rings. The Kier molecular flexibility index (Phi) is 7.30. The van der Waals surface area contributed by atoms with Crippen LogP contribution < -0.4 is 14.8 Å². The monoisotopic (exact) mass is 441 g/mol. The molecule has 1 heterocycles. The molecule has 0 radical (unpaired) electrons. The molecule has 0 spiro atoms. The Balaban J connectivity index is 1.42. The smallest absolute Gasteiger partial charge is 0.324 e. The third-order valence-corrected chi connectivity index (χ3v) is 6.68. The minimum absolute atomic E-state index is 0.0518. The molecular formula is C20H28FN3O5S. The summed E-state index contributed by atoms with van der Waals surface area (Å²) in [6.45, 7) is 2.68. The number of sulfonamides is 1. The van der Waals surface area contributed by atoms with E-state index in [0.29, 0.717) is 49.6 Å². The van der Waals surface area contributed by atoms with E-state index >= 15 is 0 Å². The molecule has 1 aromatic carbocycles. The first-order chi connectivity index (χ1) is 14.2. The summed E-state index contributed by atoms with van der Waals surface area (Å²) in [7, 11) is -3.55. The van der Waals surface area contributed by atoms with Crippen LogP contribution in [0.4, 0.5) is 9.18 Å². The van der Waals surface area contributed by atoms with Gasteiger partial charge in [-0.25, -0.2) is 22.3 Å². The van der Waals surface area contributed by atoms with Gasteiger partial charge in [-0.05, 0) is 56.2 Å². The van der Waals surface area contributed by atoms with Gasteiger partial charge < -0.3 is 9.64 Å². The van der Waals surface area contributed by atoms with E-state index in [1.807, 2.05) is 0 Å². The molecule has 3 amide bonds. The number of urea groups is 1. The van der Waals surface area contributed by atoms with Crippen molar-refractivity contribution >= 4 is 22.0 Å². The number of unbranched alkanes of at least 4 members (excludes halogenated alkanes) is 2. The number of nitrogens with zero attached hydrogens (tertiary/aromatic N) is 1. The molecule has 0 bridgehead atoms. The molecule has 3 rings (SSSR count).